The molecule has 1 aromatic carbocycles. The monoisotopic (exact) mass is 578 g/mol. The molecule has 1 saturated heterocycles. The molecular formula is C30H42N8O2S. The Labute approximate surface area is 246 Å². The van der Waals surface area contributed by atoms with Crippen LogP contribution in [0.15, 0.2) is 23.7 Å². The molecule has 3 atom stereocenters. The average molecular weight is 579 g/mol. The third-order valence-corrected chi connectivity index (χ3v) is 10.1. The molecule has 3 aliphatic carbocycles. The van der Waals surface area contributed by atoms with Crippen molar-refractivity contribution in [3.8, 4) is 0 Å². The molecule has 1 N–H and O–H groups in total. The number of nitrogens with one attached hydrogen (secondary N) is 1. The number of fused-ring (bicyclic) bond motifs is 3. The van der Waals surface area contributed by atoms with Gasteiger partial charge in [0, 0.05) is 45.5 Å². The van der Waals surface area contributed by atoms with E-state index in [0.29, 0.717) is 55.4 Å². The van der Waals surface area contributed by atoms with E-state index in [1.807, 2.05) is 38.4 Å². The Bertz CT molecular complexity index is 1410. The molecule has 3 aromatic rings. The van der Waals surface area contributed by atoms with Gasteiger partial charge in [-0.1, -0.05) is 13.8 Å². The highest BCUT2D eigenvalue weighted by Crippen LogP contribution is 2.61. The fraction of sp³-hybridized carbons (Fsp3) is 0.633. The Kier molecular flexibility index (Phi) is 7.20. The number of benzene rings is 1. The molecule has 3 saturated carbocycles. The van der Waals surface area contributed by atoms with E-state index in [-0.39, 0.29) is 6.09 Å². The smallest absolute Gasteiger partial charge is 0.410 e. The molecule has 4 fully saturated rings. The second kappa shape index (κ2) is 10.6. The van der Waals surface area contributed by atoms with Crippen LogP contribution in [0.5, 0.6) is 0 Å². The van der Waals surface area contributed by atoms with Crippen LogP contribution in [0.3, 0.4) is 0 Å². The summed E-state index contributed by atoms with van der Waals surface area (Å²) in [5.74, 6) is 4.09. The summed E-state index contributed by atoms with van der Waals surface area (Å²) in [6.45, 7) is 13.8. The van der Waals surface area contributed by atoms with Crippen LogP contribution in [0.4, 0.5) is 28.3 Å². The first-order valence-electron chi connectivity index (χ1n) is 14.8. The second-order valence-electron chi connectivity index (χ2n) is 13.5. The number of hydrogen-bond donors (Lipinski definition) is 1. The minimum absolute atomic E-state index is 0.275. The number of thiazole rings is 1. The molecule has 1 unspecified atom stereocenters. The first kappa shape index (κ1) is 27.9. The fourth-order valence-electron chi connectivity index (χ4n) is 6.81. The van der Waals surface area contributed by atoms with Crippen molar-refractivity contribution in [3.05, 3.63) is 23.7 Å². The molecule has 3 heterocycles. The Morgan fingerprint density at radius 2 is 1.93 bits per heavy atom. The summed E-state index contributed by atoms with van der Waals surface area (Å²) in [5, 5.41) is 3.43. The highest BCUT2D eigenvalue weighted by atomic mass is 32.1. The molecule has 41 heavy (non-hydrogen) atoms. The lowest BCUT2D eigenvalue weighted by atomic mass is 9.45. The summed E-state index contributed by atoms with van der Waals surface area (Å²) < 4.78 is 6.69. The lowest BCUT2D eigenvalue weighted by molar-refractivity contribution is -0.102. The summed E-state index contributed by atoms with van der Waals surface area (Å²) in [5.41, 5.74) is 3.67. The molecule has 0 radical (unpaired) electrons. The topological polar surface area (TPSA) is 99.6 Å². The third kappa shape index (κ3) is 5.78. The van der Waals surface area contributed by atoms with Gasteiger partial charge in [-0.2, -0.15) is 15.0 Å². The summed E-state index contributed by atoms with van der Waals surface area (Å²) in [6.07, 6.45) is 3.66. The van der Waals surface area contributed by atoms with Crippen molar-refractivity contribution in [2.75, 3.05) is 54.9 Å². The highest BCUT2D eigenvalue weighted by molar-refractivity contribution is 7.16. The Balaban J connectivity index is 1.22. The van der Waals surface area contributed by atoms with Crippen LogP contribution in [0.2, 0.25) is 0 Å². The van der Waals surface area contributed by atoms with Gasteiger partial charge in [-0.3, -0.25) is 0 Å². The first-order chi connectivity index (χ1) is 19.5. The van der Waals surface area contributed by atoms with Crippen molar-refractivity contribution in [2.24, 2.45) is 23.2 Å². The number of aromatic nitrogens is 4. The number of rotatable bonds is 6. The Morgan fingerprint density at radius 1 is 1.15 bits per heavy atom. The van der Waals surface area contributed by atoms with Crippen LogP contribution in [-0.2, 0) is 4.74 Å². The van der Waals surface area contributed by atoms with E-state index >= 15 is 0 Å². The number of nitrogens with zero attached hydrogens (tertiary/aromatic N) is 7. The van der Waals surface area contributed by atoms with E-state index in [1.54, 1.807) is 16.2 Å². The van der Waals surface area contributed by atoms with Crippen molar-refractivity contribution >= 4 is 51.2 Å². The maximum atomic E-state index is 12.6. The average Bonchev–Trinajstić information content (AvgIpc) is 3.40. The lowest BCUT2D eigenvalue weighted by Gasteiger charge is -2.60. The van der Waals surface area contributed by atoms with Gasteiger partial charge in [0.05, 0.1) is 15.7 Å². The molecule has 10 nitrogen and oxygen atoms in total. The third-order valence-electron chi connectivity index (χ3n) is 9.26. The van der Waals surface area contributed by atoms with E-state index in [4.69, 9.17) is 19.7 Å². The van der Waals surface area contributed by atoms with E-state index < -0.39 is 5.60 Å². The van der Waals surface area contributed by atoms with Gasteiger partial charge in [0.2, 0.25) is 17.8 Å². The predicted molar refractivity (Wildman–Crippen MR) is 164 cm³/mol. The summed E-state index contributed by atoms with van der Waals surface area (Å²) >= 11 is 1.61. The number of carbonyl (C=O) groups excluding carboxylic acids is 1. The van der Waals surface area contributed by atoms with Crippen molar-refractivity contribution in [2.45, 2.75) is 59.5 Å². The second-order valence-corrected chi connectivity index (χ2v) is 14.3. The summed E-state index contributed by atoms with van der Waals surface area (Å²) in [6, 6.07) is 6.10. The number of amides is 1. The number of hydrogen-bond acceptors (Lipinski definition) is 10. The molecular weight excluding hydrogens is 536 g/mol. The largest absolute Gasteiger partial charge is 0.444 e. The van der Waals surface area contributed by atoms with Crippen LogP contribution < -0.4 is 15.1 Å². The van der Waals surface area contributed by atoms with Gasteiger partial charge in [-0.15, -0.1) is 11.3 Å². The maximum Gasteiger partial charge on any atom is 0.410 e. The lowest BCUT2D eigenvalue weighted by Crippen LogP contribution is -2.54. The Morgan fingerprint density at radius 3 is 2.63 bits per heavy atom. The maximum absolute atomic E-state index is 12.6. The summed E-state index contributed by atoms with van der Waals surface area (Å²) in [7, 11) is 2.10. The minimum Gasteiger partial charge on any atom is -0.444 e. The fourth-order valence-corrected chi connectivity index (χ4v) is 7.53. The van der Waals surface area contributed by atoms with Crippen molar-refractivity contribution in [1.82, 2.24) is 24.8 Å². The SMILES string of the molecule is CN(CC1CC[C@H]2C[C@@H]1C2(C)C)c1nc(Nc2ccc3ncsc3c2)nc(N2CCN(C(=O)OC(C)(C)C)CC2)n1. The van der Waals surface area contributed by atoms with Gasteiger partial charge in [-0.05, 0) is 81.4 Å². The number of ether oxygens (including phenoxy) is 1. The van der Waals surface area contributed by atoms with Gasteiger partial charge in [0.15, 0.2) is 0 Å². The Hall–Kier alpha value is -3.21. The van der Waals surface area contributed by atoms with E-state index in [0.717, 1.165) is 34.3 Å². The van der Waals surface area contributed by atoms with Crippen LogP contribution in [-0.4, -0.2) is 76.3 Å². The molecule has 1 amide bonds. The molecule has 2 aromatic heterocycles. The first-order valence-corrected chi connectivity index (χ1v) is 15.6. The molecule has 7 rings (SSSR count). The van der Waals surface area contributed by atoms with Crippen LogP contribution in [0.1, 0.15) is 53.9 Å². The molecule has 220 valence electrons. The molecule has 0 spiro atoms. The van der Waals surface area contributed by atoms with E-state index in [2.05, 4.69) is 47.1 Å². The summed E-state index contributed by atoms with van der Waals surface area (Å²) in [4.78, 5) is 37.8. The van der Waals surface area contributed by atoms with Gasteiger partial charge >= 0.3 is 6.09 Å². The quantitative estimate of drug-likeness (QED) is 0.390. The standard InChI is InChI=1S/C30H42N8O2S/c1-29(2,3)40-28(39)38-13-11-37(12-14-38)27-34-25(32-21-9-10-23-24(16-21)41-18-31-23)33-26(35-27)36(6)17-19-7-8-20-15-22(19)30(20,4)5/h9-10,16,18-20,22H,7-8,11-15,17H2,1-6H3,(H,32,33,34,35)/t19?,20-,22-/m0/s1. The van der Waals surface area contributed by atoms with Crippen molar-refractivity contribution in [1.29, 1.82) is 0 Å². The highest BCUT2D eigenvalue weighted by Gasteiger charge is 2.54. The van der Waals surface area contributed by atoms with E-state index in [9.17, 15) is 4.79 Å². The number of carbonyl (C=O) groups is 1. The van der Waals surface area contributed by atoms with Crippen LogP contribution in [0, 0.1) is 23.2 Å². The van der Waals surface area contributed by atoms with Gasteiger partial charge in [-0.25, -0.2) is 9.78 Å². The number of piperazine rings is 1. The molecule has 1 aliphatic heterocycles. The van der Waals surface area contributed by atoms with Gasteiger partial charge in [0.1, 0.15) is 5.60 Å². The predicted octanol–water partition coefficient (Wildman–Crippen LogP) is 5.79. The zero-order chi connectivity index (χ0) is 28.9. The van der Waals surface area contributed by atoms with E-state index in [1.165, 1.54) is 19.3 Å². The van der Waals surface area contributed by atoms with Gasteiger partial charge < -0.3 is 24.8 Å². The van der Waals surface area contributed by atoms with Crippen molar-refractivity contribution < 1.29 is 9.53 Å². The van der Waals surface area contributed by atoms with Crippen LogP contribution >= 0.6 is 11.3 Å². The zero-order valence-electron chi connectivity index (χ0n) is 25.1. The normalized spacial score (nSPS) is 23.7. The van der Waals surface area contributed by atoms with Crippen LogP contribution in [0.25, 0.3) is 10.2 Å². The molecule has 11 heteroatoms. The van der Waals surface area contributed by atoms with Crippen molar-refractivity contribution in [3.63, 3.8) is 0 Å². The minimum atomic E-state index is -0.515. The molecule has 2 bridgehead atoms. The zero-order valence-corrected chi connectivity index (χ0v) is 25.9. The van der Waals surface area contributed by atoms with Gasteiger partial charge in [0.25, 0.3) is 0 Å². The molecule has 4 aliphatic rings. The number of anilines is 4.